The van der Waals surface area contributed by atoms with Crippen LogP contribution >= 0.6 is 0 Å². The molecule has 1 aliphatic heterocycles. The summed E-state index contributed by atoms with van der Waals surface area (Å²) in [6, 6.07) is 0.529. The van der Waals surface area contributed by atoms with Crippen molar-refractivity contribution >= 4 is 0 Å². The van der Waals surface area contributed by atoms with Crippen molar-refractivity contribution in [3.05, 3.63) is 0 Å². The van der Waals surface area contributed by atoms with Crippen LogP contribution in [0.4, 0.5) is 0 Å². The maximum Gasteiger partial charge on any atom is 0.0654 e. The van der Waals surface area contributed by atoms with E-state index in [4.69, 9.17) is 4.74 Å². The van der Waals surface area contributed by atoms with Gasteiger partial charge in [0.15, 0.2) is 0 Å². The van der Waals surface area contributed by atoms with Gasteiger partial charge in [0.1, 0.15) is 0 Å². The Morgan fingerprint density at radius 2 is 2.07 bits per heavy atom. The number of rotatable bonds is 2. The molecule has 0 aromatic carbocycles. The molecule has 3 nitrogen and oxygen atoms in total. The molecule has 1 rings (SSSR count). The van der Waals surface area contributed by atoms with Gasteiger partial charge >= 0.3 is 0 Å². The first-order valence-electron chi connectivity index (χ1n) is 5.45. The van der Waals surface area contributed by atoms with Crippen molar-refractivity contribution < 1.29 is 9.84 Å². The third-order valence-corrected chi connectivity index (χ3v) is 3.03. The van der Waals surface area contributed by atoms with Crippen molar-refractivity contribution in [3.8, 4) is 0 Å². The zero-order valence-corrected chi connectivity index (χ0v) is 9.79. The Bertz CT molecular complexity index is 175. The fraction of sp³-hybridized carbons (Fsp3) is 1.00. The highest BCUT2D eigenvalue weighted by Gasteiger charge is 2.31. The molecular weight excluding hydrogens is 178 g/mol. The Balaban J connectivity index is 2.60. The Hall–Kier alpha value is -0.120. The Morgan fingerprint density at radius 1 is 1.43 bits per heavy atom. The molecule has 1 fully saturated rings. The predicted octanol–water partition coefficient (Wildman–Crippen LogP) is 1.11. The van der Waals surface area contributed by atoms with E-state index in [2.05, 4.69) is 18.7 Å². The Labute approximate surface area is 87.1 Å². The van der Waals surface area contributed by atoms with E-state index in [9.17, 15) is 5.11 Å². The summed E-state index contributed by atoms with van der Waals surface area (Å²) in [4.78, 5) is 2.37. The highest BCUT2D eigenvalue weighted by atomic mass is 16.5. The lowest BCUT2D eigenvalue weighted by atomic mass is 9.91. The van der Waals surface area contributed by atoms with E-state index >= 15 is 0 Å². The minimum atomic E-state index is -0.641. The third kappa shape index (κ3) is 3.23. The number of hydrogen-bond acceptors (Lipinski definition) is 3. The number of nitrogens with zero attached hydrogens (tertiary/aromatic N) is 1. The molecular formula is C11H23NO2. The van der Waals surface area contributed by atoms with Crippen LogP contribution in [-0.2, 0) is 4.74 Å². The first kappa shape index (κ1) is 12.0. The molecule has 3 heteroatoms. The van der Waals surface area contributed by atoms with E-state index in [-0.39, 0.29) is 5.92 Å². The molecule has 1 aliphatic rings. The summed E-state index contributed by atoms with van der Waals surface area (Å²) in [5.74, 6) is 0.215. The van der Waals surface area contributed by atoms with Gasteiger partial charge in [0.05, 0.1) is 18.8 Å². The van der Waals surface area contributed by atoms with E-state index in [1.807, 2.05) is 13.8 Å². The molecule has 0 aromatic rings. The molecule has 1 atom stereocenters. The van der Waals surface area contributed by atoms with Crippen LogP contribution < -0.4 is 0 Å². The van der Waals surface area contributed by atoms with Gasteiger partial charge in [-0.3, -0.25) is 4.90 Å². The lowest BCUT2D eigenvalue weighted by Crippen LogP contribution is -2.43. The van der Waals surface area contributed by atoms with Gasteiger partial charge in [0.2, 0.25) is 0 Å². The minimum Gasteiger partial charge on any atom is -0.390 e. The monoisotopic (exact) mass is 201 g/mol. The van der Waals surface area contributed by atoms with Crippen LogP contribution in [0.25, 0.3) is 0 Å². The Kier molecular flexibility index (Phi) is 3.93. The molecule has 84 valence electrons. The maximum atomic E-state index is 9.96. The molecule has 0 aliphatic carbocycles. The normalized spacial score (nSPS) is 26.6. The van der Waals surface area contributed by atoms with Crippen LogP contribution in [0.5, 0.6) is 0 Å². The zero-order chi connectivity index (χ0) is 10.8. The van der Waals surface area contributed by atoms with Crippen LogP contribution in [-0.4, -0.2) is 48.0 Å². The van der Waals surface area contributed by atoms with Crippen molar-refractivity contribution in [2.45, 2.75) is 39.3 Å². The van der Waals surface area contributed by atoms with E-state index in [0.29, 0.717) is 12.6 Å². The summed E-state index contributed by atoms with van der Waals surface area (Å²) in [6.07, 6.45) is 0. The fourth-order valence-corrected chi connectivity index (χ4v) is 1.73. The molecule has 1 N–H and O–H groups in total. The van der Waals surface area contributed by atoms with Crippen molar-refractivity contribution in [2.75, 3.05) is 26.3 Å². The van der Waals surface area contributed by atoms with E-state index in [0.717, 1.165) is 19.7 Å². The zero-order valence-electron chi connectivity index (χ0n) is 9.79. The van der Waals surface area contributed by atoms with Crippen LogP contribution in [0, 0.1) is 5.92 Å². The number of hydrogen-bond donors (Lipinski definition) is 1. The molecule has 0 aromatic heterocycles. The van der Waals surface area contributed by atoms with E-state index in [1.165, 1.54) is 0 Å². The van der Waals surface area contributed by atoms with E-state index in [1.54, 1.807) is 0 Å². The van der Waals surface area contributed by atoms with Gasteiger partial charge in [0, 0.05) is 25.0 Å². The third-order valence-electron chi connectivity index (χ3n) is 3.03. The highest BCUT2D eigenvalue weighted by Crippen LogP contribution is 2.21. The summed E-state index contributed by atoms with van der Waals surface area (Å²) in [5, 5.41) is 9.96. The van der Waals surface area contributed by atoms with Gasteiger partial charge in [-0.15, -0.1) is 0 Å². The summed E-state index contributed by atoms with van der Waals surface area (Å²) in [7, 11) is 0. The van der Waals surface area contributed by atoms with Crippen molar-refractivity contribution in [1.82, 2.24) is 4.90 Å². The smallest absolute Gasteiger partial charge is 0.0654 e. The van der Waals surface area contributed by atoms with Crippen LogP contribution in [0.2, 0.25) is 0 Å². The largest absolute Gasteiger partial charge is 0.390 e. The Morgan fingerprint density at radius 3 is 2.57 bits per heavy atom. The molecule has 0 radical (unpaired) electrons. The van der Waals surface area contributed by atoms with Gasteiger partial charge in [-0.1, -0.05) is 0 Å². The topological polar surface area (TPSA) is 32.7 Å². The number of aliphatic hydroxyl groups is 1. The lowest BCUT2D eigenvalue weighted by molar-refractivity contribution is -0.0231. The molecule has 0 unspecified atom stereocenters. The molecule has 0 saturated carbocycles. The second-order valence-electron chi connectivity index (χ2n) is 5.01. The van der Waals surface area contributed by atoms with Crippen LogP contribution in [0.3, 0.4) is 0 Å². The first-order chi connectivity index (χ1) is 6.41. The fourth-order valence-electron chi connectivity index (χ4n) is 1.73. The lowest BCUT2D eigenvalue weighted by Gasteiger charge is -2.33. The summed E-state index contributed by atoms with van der Waals surface area (Å²) in [5.41, 5.74) is -0.641. The molecule has 0 amide bonds. The maximum absolute atomic E-state index is 9.96. The van der Waals surface area contributed by atoms with Gasteiger partial charge in [0.25, 0.3) is 0 Å². The van der Waals surface area contributed by atoms with Crippen molar-refractivity contribution in [2.24, 2.45) is 5.92 Å². The SMILES string of the molecule is CC(C)N1CCOC[C@@H](C(C)(C)O)C1. The molecule has 1 saturated heterocycles. The standard InChI is InChI=1S/C11H23NO2/c1-9(2)12-5-6-14-8-10(7-12)11(3,4)13/h9-10,13H,5-8H2,1-4H3/t10-/m0/s1. The minimum absolute atomic E-state index is 0.215. The van der Waals surface area contributed by atoms with Crippen LogP contribution in [0.15, 0.2) is 0 Å². The molecule has 0 spiro atoms. The summed E-state index contributed by atoms with van der Waals surface area (Å²) >= 11 is 0. The summed E-state index contributed by atoms with van der Waals surface area (Å²) in [6.45, 7) is 11.5. The average molecular weight is 201 g/mol. The quantitative estimate of drug-likeness (QED) is 0.726. The average Bonchev–Trinajstić information content (AvgIpc) is 2.26. The second kappa shape index (κ2) is 4.60. The first-order valence-corrected chi connectivity index (χ1v) is 5.45. The van der Waals surface area contributed by atoms with Gasteiger partial charge in [-0.2, -0.15) is 0 Å². The predicted molar refractivity (Wildman–Crippen MR) is 57.3 cm³/mol. The van der Waals surface area contributed by atoms with Crippen LogP contribution in [0.1, 0.15) is 27.7 Å². The van der Waals surface area contributed by atoms with Gasteiger partial charge in [-0.05, 0) is 27.7 Å². The van der Waals surface area contributed by atoms with Crippen molar-refractivity contribution in [3.63, 3.8) is 0 Å². The highest BCUT2D eigenvalue weighted by molar-refractivity contribution is 4.82. The summed E-state index contributed by atoms with van der Waals surface area (Å²) < 4.78 is 5.51. The second-order valence-corrected chi connectivity index (χ2v) is 5.01. The van der Waals surface area contributed by atoms with E-state index < -0.39 is 5.60 Å². The van der Waals surface area contributed by atoms with Gasteiger partial charge < -0.3 is 9.84 Å². The molecule has 14 heavy (non-hydrogen) atoms. The number of ether oxygens (including phenoxy) is 1. The van der Waals surface area contributed by atoms with Crippen molar-refractivity contribution in [1.29, 1.82) is 0 Å². The van der Waals surface area contributed by atoms with Gasteiger partial charge in [-0.25, -0.2) is 0 Å². The molecule has 1 heterocycles. The molecule has 0 bridgehead atoms.